The molecule has 2 amide bonds. The monoisotopic (exact) mass is 602 g/mol. The van der Waals surface area contributed by atoms with Crippen LogP contribution >= 0.6 is 27.3 Å². The Morgan fingerprint density at radius 3 is 2.59 bits per heavy atom. The zero-order valence-corrected chi connectivity index (χ0v) is 22.9. The molecule has 0 radical (unpaired) electrons. The molecule has 2 N–H and O–H groups in total. The van der Waals surface area contributed by atoms with Crippen LogP contribution in [0.4, 0.5) is 18.9 Å². The van der Waals surface area contributed by atoms with Crippen LogP contribution in [0.5, 0.6) is 5.75 Å². The number of alkyl halides is 3. The van der Waals surface area contributed by atoms with E-state index in [0.717, 1.165) is 35.1 Å². The molecule has 8 nitrogen and oxygen atoms in total. The van der Waals surface area contributed by atoms with E-state index in [4.69, 9.17) is 9.47 Å². The van der Waals surface area contributed by atoms with Gasteiger partial charge in [0.1, 0.15) is 28.0 Å². The lowest BCUT2D eigenvalue weighted by Crippen LogP contribution is -2.33. The van der Waals surface area contributed by atoms with Crippen LogP contribution < -0.4 is 15.4 Å². The van der Waals surface area contributed by atoms with Crippen molar-refractivity contribution in [2.24, 2.45) is 4.99 Å². The number of amides is 2. The molecule has 0 aliphatic heterocycles. The Morgan fingerprint density at radius 2 is 2.00 bits per heavy atom. The number of anilines is 1. The summed E-state index contributed by atoms with van der Waals surface area (Å²) in [6, 6.07) is 2.21. The molecule has 1 unspecified atom stereocenters. The van der Waals surface area contributed by atoms with E-state index in [1.165, 1.54) is 19.5 Å². The zero-order valence-electron chi connectivity index (χ0n) is 20.5. The Hall–Kier alpha value is -3.03. The number of ether oxygens (including phenoxy) is 2. The van der Waals surface area contributed by atoms with Crippen molar-refractivity contribution in [3.8, 4) is 5.75 Å². The minimum atomic E-state index is -4.61. The number of benzene rings is 1. The van der Waals surface area contributed by atoms with Crippen molar-refractivity contribution in [2.45, 2.75) is 33.0 Å². The number of aliphatic imine (C=N–C) groups is 1. The van der Waals surface area contributed by atoms with Crippen LogP contribution in [-0.2, 0) is 15.7 Å². The number of nitrogens with zero attached hydrogens (tertiary/aromatic N) is 2. The summed E-state index contributed by atoms with van der Waals surface area (Å²) < 4.78 is 50.5. The molecule has 0 bridgehead atoms. The summed E-state index contributed by atoms with van der Waals surface area (Å²) in [5.41, 5.74) is -0.134. The second-order valence-corrected chi connectivity index (χ2v) is 9.59. The number of thiazole rings is 1. The standard InChI is InChI=1S/C24H26BrF3N4O4S/c1-6-29-20(19(25)13(2)3)22(34)31-14(4)23-30-12-18(37-23)21(33)32-16-11-15(24(26,27)28)7-8-17(16)36-10-9-35-5/h6-8,11-12,14H,1,9-10H2,2-5H3,(H,31,34)(H,32,33). The summed E-state index contributed by atoms with van der Waals surface area (Å²) in [6.07, 6.45) is -2.08. The summed E-state index contributed by atoms with van der Waals surface area (Å²) in [5, 5.41) is 5.62. The molecule has 0 spiro atoms. The molecular formula is C24H26BrF3N4O4S. The molecule has 1 atom stereocenters. The smallest absolute Gasteiger partial charge is 0.416 e. The molecule has 200 valence electrons. The molecule has 37 heavy (non-hydrogen) atoms. The van der Waals surface area contributed by atoms with Crippen LogP contribution in [0, 0.1) is 0 Å². The average Bonchev–Trinajstić information content (AvgIpc) is 3.33. The SMILES string of the molecule is C=CN=C(C(=O)NC(C)c1ncc(C(=O)Nc2cc(C(F)(F)F)ccc2OCCOC)s1)C(Br)=C(C)C. The largest absolute Gasteiger partial charge is 0.489 e. The molecule has 1 heterocycles. The summed E-state index contributed by atoms with van der Waals surface area (Å²) >= 11 is 4.32. The van der Waals surface area contributed by atoms with Crippen LogP contribution in [0.3, 0.4) is 0 Å². The van der Waals surface area contributed by atoms with Crippen LogP contribution in [0.25, 0.3) is 0 Å². The maximum atomic E-state index is 13.2. The first-order valence-corrected chi connectivity index (χ1v) is 12.4. The first kappa shape index (κ1) is 30.2. The minimum absolute atomic E-state index is 0.0580. The third-order valence-electron chi connectivity index (χ3n) is 4.65. The Kier molecular flexibility index (Phi) is 11.0. The zero-order chi connectivity index (χ0) is 27.8. The van der Waals surface area contributed by atoms with E-state index in [9.17, 15) is 22.8 Å². The van der Waals surface area contributed by atoms with Gasteiger partial charge < -0.3 is 20.1 Å². The number of carbonyl (C=O) groups excluding carboxylic acids is 2. The van der Waals surface area contributed by atoms with Crippen LogP contribution in [0.1, 0.15) is 47.1 Å². The number of rotatable bonds is 11. The van der Waals surface area contributed by atoms with Crippen molar-refractivity contribution in [3.63, 3.8) is 0 Å². The van der Waals surface area contributed by atoms with Gasteiger partial charge in [0.15, 0.2) is 0 Å². The van der Waals surface area contributed by atoms with Gasteiger partial charge in [0.2, 0.25) is 0 Å². The van der Waals surface area contributed by atoms with Gasteiger partial charge in [-0.25, -0.2) is 4.98 Å². The Bertz CT molecular complexity index is 1210. The first-order chi connectivity index (χ1) is 17.4. The third kappa shape index (κ3) is 8.51. The normalized spacial score (nSPS) is 12.5. The highest BCUT2D eigenvalue weighted by Crippen LogP contribution is 2.35. The number of allylic oxidation sites excluding steroid dienone is 1. The predicted molar refractivity (Wildman–Crippen MR) is 140 cm³/mol. The lowest BCUT2D eigenvalue weighted by atomic mass is 10.1. The van der Waals surface area contributed by atoms with Crippen LogP contribution in [0.2, 0.25) is 0 Å². The number of methoxy groups -OCH3 is 1. The average molecular weight is 603 g/mol. The van der Waals surface area contributed by atoms with E-state index in [1.807, 2.05) is 13.8 Å². The molecule has 1 aromatic heterocycles. The minimum Gasteiger partial charge on any atom is -0.489 e. The summed E-state index contributed by atoms with van der Waals surface area (Å²) in [5.74, 6) is -1.11. The van der Waals surface area contributed by atoms with Crippen molar-refractivity contribution in [2.75, 3.05) is 25.6 Å². The van der Waals surface area contributed by atoms with Crippen LogP contribution in [0.15, 0.2) is 52.2 Å². The summed E-state index contributed by atoms with van der Waals surface area (Å²) in [6.45, 7) is 9.10. The second-order valence-electron chi connectivity index (χ2n) is 7.74. The van der Waals surface area contributed by atoms with E-state index in [0.29, 0.717) is 9.49 Å². The Labute approximate surface area is 224 Å². The molecule has 0 aliphatic carbocycles. The fraction of sp³-hybridized carbons (Fsp3) is 0.333. The van der Waals surface area contributed by atoms with Gasteiger partial charge in [0.25, 0.3) is 11.8 Å². The Balaban J connectivity index is 2.22. The number of carbonyl (C=O) groups is 2. The van der Waals surface area contributed by atoms with E-state index in [-0.39, 0.29) is 35.2 Å². The molecule has 0 aliphatic rings. The molecule has 0 fully saturated rings. The maximum absolute atomic E-state index is 13.2. The Morgan fingerprint density at radius 1 is 1.30 bits per heavy atom. The van der Waals surface area contributed by atoms with Gasteiger partial charge in [0, 0.05) is 17.8 Å². The molecule has 0 saturated carbocycles. The number of hydrogen-bond acceptors (Lipinski definition) is 7. The molecule has 1 aromatic carbocycles. The fourth-order valence-electron chi connectivity index (χ4n) is 2.81. The van der Waals surface area contributed by atoms with Gasteiger partial charge in [-0.2, -0.15) is 13.2 Å². The number of hydrogen-bond donors (Lipinski definition) is 2. The highest BCUT2D eigenvalue weighted by Gasteiger charge is 2.31. The van der Waals surface area contributed by atoms with Gasteiger partial charge in [-0.05, 0) is 54.9 Å². The second kappa shape index (κ2) is 13.5. The number of nitrogens with one attached hydrogen (secondary N) is 2. The van der Waals surface area contributed by atoms with Gasteiger partial charge in [-0.3, -0.25) is 14.6 Å². The van der Waals surface area contributed by atoms with Gasteiger partial charge in [0.05, 0.1) is 30.1 Å². The molecular weight excluding hydrogens is 577 g/mol. The highest BCUT2D eigenvalue weighted by molar-refractivity contribution is 9.12. The predicted octanol–water partition coefficient (Wildman–Crippen LogP) is 5.89. The van der Waals surface area contributed by atoms with Crippen molar-refractivity contribution in [3.05, 3.63) is 62.7 Å². The van der Waals surface area contributed by atoms with Crippen molar-refractivity contribution in [1.29, 1.82) is 0 Å². The molecule has 2 aromatic rings. The highest BCUT2D eigenvalue weighted by atomic mass is 79.9. The fourth-order valence-corrected chi connectivity index (χ4v) is 3.91. The lowest BCUT2D eigenvalue weighted by Gasteiger charge is -2.15. The first-order valence-electron chi connectivity index (χ1n) is 10.8. The van der Waals surface area contributed by atoms with E-state index >= 15 is 0 Å². The molecule has 13 heteroatoms. The van der Waals surface area contributed by atoms with Crippen LogP contribution in [-0.4, -0.2) is 42.8 Å². The maximum Gasteiger partial charge on any atom is 0.416 e. The lowest BCUT2D eigenvalue weighted by molar-refractivity contribution is -0.137. The number of halogens is 4. The molecule has 2 rings (SSSR count). The van der Waals surface area contributed by atoms with E-state index in [1.54, 1.807) is 6.92 Å². The quantitative estimate of drug-likeness (QED) is 0.247. The topological polar surface area (TPSA) is 102 Å². The summed E-state index contributed by atoms with van der Waals surface area (Å²) in [4.78, 5) is 33.9. The molecule has 0 saturated heterocycles. The van der Waals surface area contributed by atoms with E-state index < -0.39 is 29.6 Å². The third-order valence-corrected chi connectivity index (χ3v) is 7.00. The van der Waals surface area contributed by atoms with Crippen molar-refractivity contribution < 1.29 is 32.2 Å². The van der Waals surface area contributed by atoms with Crippen molar-refractivity contribution in [1.82, 2.24) is 10.3 Å². The van der Waals surface area contributed by atoms with Crippen molar-refractivity contribution >= 4 is 50.5 Å². The summed E-state index contributed by atoms with van der Waals surface area (Å²) in [7, 11) is 1.46. The number of aromatic nitrogens is 1. The van der Waals surface area contributed by atoms with Gasteiger partial charge in [-0.1, -0.05) is 12.2 Å². The van der Waals surface area contributed by atoms with E-state index in [2.05, 4.69) is 43.1 Å². The van der Waals surface area contributed by atoms with Gasteiger partial charge in [-0.15, -0.1) is 11.3 Å². The van der Waals surface area contributed by atoms with Gasteiger partial charge >= 0.3 is 6.18 Å².